The minimum Gasteiger partial charge on any atom is -0.545 e. The largest absolute Gasteiger partial charge is 1.00 e. The van der Waals surface area contributed by atoms with Gasteiger partial charge in [0.2, 0.25) is 0 Å². The normalized spacial score (nSPS) is 11.2. The van der Waals surface area contributed by atoms with E-state index in [4.69, 9.17) is 14.6 Å². The van der Waals surface area contributed by atoms with Crippen LogP contribution in [0.4, 0.5) is 0 Å². The fourth-order valence-electron chi connectivity index (χ4n) is 3.45. The number of ketones is 1. The summed E-state index contributed by atoms with van der Waals surface area (Å²) in [5.74, 6) is -1.41. The molecule has 0 radical (unpaired) electrons. The Balaban J connectivity index is 0.00000324. The minimum absolute atomic E-state index is 0. The van der Waals surface area contributed by atoms with E-state index in [9.17, 15) is 14.7 Å². The molecule has 4 aromatic rings. The molecular weight excluding hydrogens is 445 g/mol. The number of rotatable bonds is 7. The Labute approximate surface area is 216 Å². The van der Waals surface area contributed by atoms with Crippen molar-refractivity contribution in [2.24, 2.45) is 0 Å². The third-order valence-corrected chi connectivity index (χ3v) is 5.14. The molecule has 1 aromatic heterocycles. The van der Waals surface area contributed by atoms with Crippen molar-refractivity contribution in [2.45, 2.75) is 6.42 Å². The number of carboxylic acids is 1. The van der Waals surface area contributed by atoms with Crippen molar-refractivity contribution in [3.05, 3.63) is 94.6 Å². The number of carbonyl (C=O) groups is 2. The Bertz CT molecular complexity index is 1420. The van der Waals surface area contributed by atoms with E-state index in [1.807, 2.05) is 6.07 Å². The third-order valence-electron chi connectivity index (χ3n) is 5.14. The number of hydrogen-bond donors (Lipinski definition) is 0. The number of benzene rings is 3. The van der Waals surface area contributed by atoms with Crippen LogP contribution >= 0.6 is 0 Å². The average Bonchev–Trinajstić information content (AvgIpc) is 3.31. The molecule has 0 spiro atoms. The number of nitrogens with zero attached hydrogens (tertiary/aromatic N) is 3. The summed E-state index contributed by atoms with van der Waals surface area (Å²) >= 11 is 0. The molecule has 0 aliphatic heterocycles. The maximum Gasteiger partial charge on any atom is 1.00 e. The van der Waals surface area contributed by atoms with Gasteiger partial charge in [-0.05, 0) is 70.0 Å². The molecule has 0 unspecified atom stereocenters. The molecule has 0 saturated carbocycles. The summed E-state index contributed by atoms with van der Waals surface area (Å²) in [6.07, 6.45) is 0.00892. The fraction of sp³-hybridized carbons (Fsp3) is 0.0800. The number of carbonyl (C=O) groups excluding carboxylic acids is 2. The van der Waals surface area contributed by atoms with Crippen LogP contribution in [0.25, 0.3) is 16.6 Å². The van der Waals surface area contributed by atoms with Gasteiger partial charge in [0, 0.05) is 23.1 Å². The number of aromatic nitrogens is 2. The third kappa shape index (κ3) is 5.24. The van der Waals surface area contributed by atoms with Gasteiger partial charge < -0.3 is 14.6 Å². The van der Waals surface area contributed by atoms with Crippen molar-refractivity contribution in [1.82, 2.24) is 10.3 Å². The molecule has 3 aromatic carbocycles. The number of aliphatic carboxylic acids is 1. The predicted molar refractivity (Wildman–Crippen MR) is 116 cm³/mol. The van der Waals surface area contributed by atoms with Crippen LogP contribution in [0.5, 0.6) is 5.75 Å². The molecular formula is C25H16N3NaO5. The van der Waals surface area contributed by atoms with Crippen molar-refractivity contribution in [3.8, 4) is 11.8 Å². The van der Waals surface area contributed by atoms with Gasteiger partial charge in [0.25, 0.3) is 0 Å². The molecule has 9 heteroatoms. The summed E-state index contributed by atoms with van der Waals surface area (Å²) in [6.45, 7) is 0. The first-order valence-corrected chi connectivity index (χ1v) is 9.85. The zero-order valence-electron chi connectivity index (χ0n) is 18.4. The van der Waals surface area contributed by atoms with E-state index < -0.39 is 11.8 Å². The number of carboxylic acid groups (broad SMARTS) is 1. The number of methoxy groups -OCH3 is 1. The number of hydrogen-bond acceptors (Lipinski definition) is 8. The van der Waals surface area contributed by atoms with Gasteiger partial charge in [-0.2, -0.15) is 5.26 Å². The molecule has 0 aliphatic rings. The van der Waals surface area contributed by atoms with Crippen molar-refractivity contribution in [3.63, 3.8) is 0 Å². The smallest absolute Gasteiger partial charge is 0.545 e. The van der Waals surface area contributed by atoms with Crippen molar-refractivity contribution < 1.29 is 53.6 Å². The van der Waals surface area contributed by atoms with Gasteiger partial charge in [-0.25, -0.2) is 4.63 Å². The molecule has 0 amide bonds. The van der Waals surface area contributed by atoms with Crippen LogP contribution in [0.2, 0.25) is 0 Å². The molecule has 0 fully saturated rings. The summed E-state index contributed by atoms with van der Waals surface area (Å²) in [6, 6.07) is 19.5. The van der Waals surface area contributed by atoms with E-state index in [2.05, 4.69) is 10.3 Å². The van der Waals surface area contributed by atoms with Gasteiger partial charge in [0.15, 0.2) is 5.78 Å². The first-order chi connectivity index (χ1) is 16.0. The Morgan fingerprint density at radius 2 is 1.62 bits per heavy atom. The van der Waals surface area contributed by atoms with E-state index in [0.717, 1.165) is 0 Å². The molecule has 0 atom stereocenters. The van der Waals surface area contributed by atoms with Gasteiger partial charge in [0.1, 0.15) is 16.8 Å². The summed E-state index contributed by atoms with van der Waals surface area (Å²) in [5, 5.41) is 28.8. The molecule has 4 rings (SSSR count). The topological polar surface area (TPSA) is 129 Å². The van der Waals surface area contributed by atoms with E-state index in [1.165, 1.54) is 19.2 Å². The molecule has 34 heavy (non-hydrogen) atoms. The van der Waals surface area contributed by atoms with Gasteiger partial charge >= 0.3 is 29.6 Å². The van der Waals surface area contributed by atoms with Crippen LogP contribution in [0.3, 0.4) is 0 Å². The van der Waals surface area contributed by atoms with E-state index in [1.54, 1.807) is 54.6 Å². The van der Waals surface area contributed by atoms with Crippen LogP contribution in [0.15, 0.2) is 76.9 Å². The van der Waals surface area contributed by atoms with Crippen molar-refractivity contribution in [1.29, 1.82) is 5.26 Å². The van der Waals surface area contributed by atoms with Gasteiger partial charge in [0.05, 0.1) is 24.7 Å². The summed E-state index contributed by atoms with van der Waals surface area (Å²) < 4.78 is 9.83. The van der Waals surface area contributed by atoms with Crippen LogP contribution < -0.4 is 39.4 Å². The molecule has 0 saturated heterocycles. The minimum atomic E-state index is -1.50. The monoisotopic (exact) mass is 461 g/mol. The summed E-state index contributed by atoms with van der Waals surface area (Å²) in [4.78, 5) is 25.8. The van der Waals surface area contributed by atoms with E-state index >= 15 is 0 Å². The predicted octanol–water partition coefficient (Wildman–Crippen LogP) is -0.264. The Kier molecular flexibility index (Phi) is 7.97. The number of allylic oxidation sites excluding steroid dienone is 1. The van der Waals surface area contributed by atoms with Gasteiger partial charge in [-0.15, -0.1) is 0 Å². The van der Waals surface area contributed by atoms with Gasteiger partial charge in [-0.3, -0.25) is 4.79 Å². The summed E-state index contributed by atoms with van der Waals surface area (Å²) in [5.41, 5.74) is 2.22. The number of nitriles is 1. The molecule has 0 bridgehead atoms. The maximum absolute atomic E-state index is 13.5. The quantitative estimate of drug-likeness (QED) is 0.209. The zero-order chi connectivity index (χ0) is 23.4. The maximum atomic E-state index is 13.5. The zero-order valence-corrected chi connectivity index (χ0v) is 20.4. The van der Waals surface area contributed by atoms with E-state index in [0.29, 0.717) is 33.5 Å². The van der Waals surface area contributed by atoms with Gasteiger partial charge in [-0.1, -0.05) is 18.2 Å². The Morgan fingerprint density at radius 1 is 0.971 bits per heavy atom. The summed E-state index contributed by atoms with van der Waals surface area (Å²) in [7, 11) is 1.51. The second-order valence-electron chi connectivity index (χ2n) is 7.15. The second-order valence-corrected chi connectivity index (χ2v) is 7.15. The Morgan fingerprint density at radius 3 is 2.24 bits per heavy atom. The first-order valence-electron chi connectivity index (χ1n) is 9.85. The SMILES string of the molecule is COc1ccc(C(=O)C(Cc2ccc(C#N)cc2)=C(C(=O)[O-])c2ccc3nonc3c2)cc1.[Na+]. The van der Waals surface area contributed by atoms with E-state index in [-0.39, 0.29) is 52.7 Å². The number of fused-ring (bicyclic) bond motifs is 1. The van der Waals surface area contributed by atoms with Crippen molar-refractivity contribution in [2.75, 3.05) is 7.11 Å². The first kappa shape index (κ1) is 24.9. The van der Waals surface area contributed by atoms with Crippen LogP contribution in [0.1, 0.15) is 27.0 Å². The van der Waals surface area contributed by atoms with Crippen LogP contribution in [-0.2, 0) is 11.2 Å². The number of ether oxygens (including phenoxy) is 1. The molecule has 162 valence electrons. The van der Waals surface area contributed by atoms with Crippen LogP contribution in [-0.4, -0.2) is 29.2 Å². The van der Waals surface area contributed by atoms with Crippen molar-refractivity contribution >= 4 is 28.4 Å². The number of Topliss-reactive ketones (excluding diaryl/α,β-unsaturated/α-hetero) is 1. The average molecular weight is 461 g/mol. The molecule has 0 N–H and O–H groups in total. The van der Waals surface area contributed by atoms with Crippen LogP contribution in [0, 0.1) is 11.3 Å². The fourth-order valence-corrected chi connectivity index (χ4v) is 3.45. The molecule has 8 nitrogen and oxygen atoms in total. The Hall–Kier alpha value is -3.77. The second kappa shape index (κ2) is 10.9. The molecule has 0 aliphatic carbocycles. The molecule has 1 heterocycles. The standard InChI is InChI=1S/C25H17N3O5.Na/c1-32-19-9-6-17(7-10-19)24(29)20(12-15-2-4-16(14-26)5-3-15)23(25(30)31)18-8-11-21-22(13-18)28-33-27-21;/h2-11,13H,12H2,1H3,(H,30,31);/q;+1/p-1.